The van der Waals surface area contributed by atoms with Crippen LogP contribution in [0.15, 0.2) is 64.0 Å². The van der Waals surface area contributed by atoms with E-state index in [4.69, 9.17) is 4.74 Å². The van der Waals surface area contributed by atoms with E-state index < -0.39 is 5.91 Å². The molecule has 0 atom stereocenters. The summed E-state index contributed by atoms with van der Waals surface area (Å²) in [6.45, 7) is 0. The van der Waals surface area contributed by atoms with Gasteiger partial charge in [-0.1, -0.05) is 36.4 Å². The number of anilines is 1. The molecule has 0 unspecified atom stereocenters. The summed E-state index contributed by atoms with van der Waals surface area (Å²) in [6, 6.07) is 16.9. The Labute approximate surface area is 169 Å². The number of ether oxygens (including phenoxy) is 1. The van der Waals surface area contributed by atoms with Crippen LogP contribution in [0.2, 0.25) is 0 Å². The van der Waals surface area contributed by atoms with Crippen molar-refractivity contribution in [3.05, 3.63) is 69.5 Å². The molecular weight excluding hydrogens is 426 g/mol. The van der Waals surface area contributed by atoms with Gasteiger partial charge in [0.2, 0.25) is 0 Å². The number of nitrogens with zero attached hydrogens (tertiary/aromatic N) is 2. The lowest BCUT2D eigenvalue weighted by Gasteiger charge is -2.04. The highest BCUT2D eigenvalue weighted by Crippen LogP contribution is 2.27. The molecule has 3 rings (SSSR count). The molecule has 0 aliphatic carbocycles. The molecule has 1 N–H and O–H groups in total. The number of amides is 1. The molecule has 1 heterocycles. The first-order valence-electron chi connectivity index (χ1n) is 7.88. The molecule has 27 heavy (non-hydrogen) atoms. The van der Waals surface area contributed by atoms with Crippen LogP contribution < -0.4 is 10.1 Å². The average molecular weight is 440 g/mol. The Balaban J connectivity index is 1.77. The van der Waals surface area contributed by atoms with E-state index in [-0.39, 0.29) is 5.57 Å². The molecule has 0 spiro atoms. The topological polar surface area (TPSA) is 75.0 Å². The number of aromatic nitrogens is 1. The summed E-state index contributed by atoms with van der Waals surface area (Å²) in [7, 11) is 1.57. The van der Waals surface area contributed by atoms with Crippen LogP contribution in [0.3, 0.4) is 0 Å². The summed E-state index contributed by atoms with van der Waals surface area (Å²) < 4.78 is 5.92. The fraction of sp³-hybridized carbons (Fsp3) is 0.0500. The summed E-state index contributed by atoms with van der Waals surface area (Å²) in [6.07, 6.45) is 1.52. The number of nitriles is 1. The minimum Gasteiger partial charge on any atom is -0.496 e. The van der Waals surface area contributed by atoms with Crippen LogP contribution in [0.1, 0.15) is 5.56 Å². The van der Waals surface area contributed by atoms with E-state index in [0.717, 1.165) is 15.7 Å². The second-order valence-electron chi connectivity index (χ2n) is 5.42. The highest BCUT2D eigenvalue weighted by molar-refractivity contribution is 9.10. The fourth-order valence-electron chi connectivity index (χ4n) is 2.32. The fourth-order valence-corrected chi connectivity index (χ4v) is 3.60. The Kier molecular flexibility index (Phi) is 6.01. The normalized spacial score (nSPS) is 10.9. The van der Waals surface area contributed by atoms with Crippen molar-refractivity contribution >= 4 is 44.4 Å². The van der Waals surface area contributed by atoms with Gasteiger partial charge in [-0.25, -0.2) is 4.98 Å². The molecule has 5 nitrogen and oxygen atoms in total. The van der Waals surface area contributed by atoms with Gasteiger partial charge in [0.05, 0.1) is 17.3 Å². The Hall–Kier alpha value is -2.95. The number of benzene rings is 2. The van der Waals surface area contributed by atoms with Gasteiger partial charge in [-0.3, -0.25) is 10.1 Å². The van der Waals surface area contributed by atoms with E-state index in [0.29, 0.717) is 16.4 Å². The van der Waals surface area contributed by atoms with Gasteiger partial charge in [0.25, 0.3) is 5.91 Å². The summed E-state index contributed by atoms with van der Waals surface area (Å²) in [5, 5.41) is 14.3. The van der Waals surface area contributed by atoms with E-state index in [1.165, 1.54) is 17.4 Å². The first-order valence-corrected chi connectivity index (χ1v) is 9.55. The van der Waals surface area contributed by atoms with E-state index in [1.807, 2.05) is 41.8 Å². The third-order valence-electron chi connectivity index (χ3n) is 3.65. The molecule has 0 radical (unpaired) electrons. The van der Waals surface area contributed by atoms with Crippen molar-refractivity contribution in [2.45, 2.75) is 0 Å². The maximum absolute atomic E-state index is 12.4. The molecule has 134 valence electrons. The summed E-state index contributed by atoms with van der Waals surface area (Å²) in [5.74, 6) is 0.171. The molecule has 0 saturated heterocycles. The van der Waals surface area contributed by atoms with E-state index in [1.54, 1.807) is 25.3 Å². The van der Waals surface area contributed by atoms with Crippen molar-refractivity contribution in [2.24, 2.45) is 0 Å². The van der Waals surface area contributed by atoms with Crippen LogP contribution in [0.5, 0.6) is 5.75 Å². The second-order valence-corrected chi connectivity index (χ2v) is 7.13. The van der Waals surface area contributed by atoms with Gasteiger partial charge in [0, 0.05) is 10.9 Å². The van der Waals surface area contributed by atoms with Crippen LogP contribution >= 0.6 is 27.3 Å². The number of carbonyl (C=O) groups is 1. The van der Waals surface area contributed by atoms with Gasteiger partial charge >= 0.3 is 0 Å². The van der Waals surface area contributed by atoms with Crippen LogP contribution in [-0.2, 0) is 4.79 Å². The molecule has 0 aliphatic rings. The van der Waals surface area contributed by atoms with Gasteiger partial charge in [-0.05, 0) is 39.7 Å². The maximum Gasteiger partial charge on any atom is 0.268 e. The van der Waals surface area contributed by atoms with Gasteiger partial charge in [0.15, 0.2) is 5.13 Å². The zero-order chi connectivity index (χ0) is 19.2. The molecular formula is C20H14BrN3O2S. The number of hydrogen-bond donors (Lipinski definition) is 1. The molecule has 1 amide bonds. The van der Waals surface area contributed by atoms with E-state index >= 15 is 0 Å². The minimum absolute atomic E-state index is 0.0106. The Bertz CT molecular complexity index is 1040. The number of nitrogens with one attached hydrogen (secondary N) is 1. The second kappa shape index (κ2) is 8.62. The zero-order valence-electron chi connectivity index (χ0n) is 14.3. The number of carbonyl (C=O) groups excluding carboxylic acids is 1. The summed E-state index contributed by atoms with van der Waals surface area (Å²) >= 11 is 4.70. The predicted molar refractivity (Wildman–Crippen MR) is 110 cm³/mol. The number of hydrogen-bond acceptors (Lipinski definition) is 5. The largest absolute Gasteiger partial charge is 0.496 e. The number of rotatable bonds is 5. The Morgan fingerprint density at radius 2 is 2.07 bits per heavy atom. The van der Waals surface area contributed by atoms with Crippen molar-refractivity contribution in [2.75, 3.05) is 12.4 Å². The van der Waals surface area contributed by atoms with Gasteiger partial charge in [0.1, 0.15) is 17.4 Å². The van der Waals surface area contributed by atoms with Crippen molar-refractivity contribution in [3.63, 3.8) is 0 Å². The number of thiazole rings is 1. The molecule has 3 aromatic rings. The lowest BCUT2D eigenvalue weighted by atomic mass is 10.1. The zero-order valence-corrected chi connectivity index (χ0v) is 16.7. The highest BCUT2D eigenvalue weighted by Gasteiger charge is 2.13. The maximum atomic E-state index is 12.4. The van der Waals surface area contributed by atoms with E-state index in [9.17, 15) is 10.1 Å². The molecule has 2 aromatic carbocycles. The molecule has 0 bridgehead atoms. The third kappa shape index (κ3) is 4.61. The van der Waals surface area contributed by atoms with Crippen molar-refractivity contribution < 1.29 is 9.53 Å². The SMILES string of the molecule is COc1ccc(/C=C(/C#N)C(=O)Nc2nc(-c3ccccc3)cs2)cc1Br. The average Bonchev–Trinajstić information content (AvgIpc) is 3.15. The highest BCUT2D eigenvalue weighted by atomic mass is 79.9. The minimum atomic E-state index is -0.501. The summed E-state index contributed by atoms with van der Waals surface area (Å²) in [4.78, 5) is 16.8. The van der Waals surface area contributed by atoms with E-state index in [2.05, 4.69) is 26.2 Å². The first kappa shape index (κ1) is 18.8. The predicted octanol–water partition coefficient (Wildman–Crippen LogP) is 5.13. The third-order valence-corrected chi connectivity index (χ3v) is 5.02. The van der Waals surface area contributed by atoms with Crippen LogP contribution in [0.4, 0.5) is 5.13 Å². The first-order chi connectivity index (χ1) is 13.1. The Morgan fingerprint density at radius 1 is 1.30 bits per heavy atom. The number of halogens is 1. The van der Waals surface area contributed by atoms with Crippen LogP contribution in [0, 0.1) is 11.3 Å². The molecule has 7 heteroatoms. The smallest absolute Gasteiger partial charge is 0.268 e. The standard InChI is InChI=1S/C20H14BrN3O2S/c1-26-18-8-7-13(10-16(18)21)9-15(11-22)19(25)24-20-23-17(12-27-20)14-5-3-2-4-6-14/h2-10,12H,1H3,(H,23,24,25)/b15-9-. The van der Waals surface area contributed by atoms with Gasteiger partial charge in [-0.2, -0.15) is 5.26 Å². The van der Waals surface area contributed by atoms with Crippen molar-refractivity contribution in [1.82, 2.24) is 4.98 Å². The molecule has 1 aromatic heterocycles. The monoisotopic (exact) mass is 439 g/mol. The lowest BCUT2D eigenvalue weighted by Crippen LogP contribution is -2.13. The van der Waals surface area contributed by atoms with Crippen LogP contribution in [-0.4, -0.2) is 18.0 Å². The quantitative estimate of drug-likeness (QED) is 0.441. The van der Waals surface area contributed by atoms with Gasteiger partial charge in [-0.15, -0.1) is 11.3 Å². The van der Waals surface area contributed by atoms with Crippen molar-refractivity contribution in [3.8, 4) is 23.1 Å². The lowest BCUT2D eigenvalue weighted by molar-refractivity contribution is -0.112. The summed E-state index contributed by atoms with van der Waals surface area (Å²) in [5.41, 5.74) is 2.44. The van der Waals surface area contributed by atoms with Crippen LogP contribution in [0.25, 0.3) is 17.3 Å². The van der Waals surface area contributed by atoms with Gasteiger partial charge < -0.3 is 4.74 Å². The molecule has 0 aliphatic heterocycles. The van der Waals surface area contributed by atoms with Crippen molar-refractivity contribution in [1.29, 1.82) is 5.26 Å². The Morgan fingerprint density at radius 3 is 2.74 bits per heavy atom. The molecule has 0 fully saturated rings. The molecule has 0 saturated carbocycles. The number of methoxy groups -OCH3 is 1.